The molecule has 1 aromatic rings. The van der Waals surface area contributed by atoms with E-state index >= 15 is 0 Å². The van der Waals surface area contributed by atoms with E-state index in [1.54, 1.807) is 15.9 Å². The Labute approximate surface area is 142 Å². The van der Waals surface area contributed by atoms with E-state index in [0.29, 0.717) is 31.1 Å². The molecule has 0 saturated carbocycles. The number of anilines is 1. The van der Waals surface area contributed by atoms with Crippen molar-refractivity contribution in [3.63, 3.8) is 0 Å². The van der Waals surface area contributed by atoms with Crippen molar-refractivity contribution in [3.05, 3.63) is 29.3 Å². The Morgan fingerprint density at radius 3 is 2.57 bits per heavy atom. The van der Waals surface area contributed by atoms with Gasteiger partial charge in [-0.25, -0.2) is 0 Å². The summed E-state index contributed by atoms with van der Waals surface area (Å²) in [5.41, 5.74) is 0.741. The van der Waals surface area contributed by atoms with E-state index in [9.17, 15) is 9.59 Å². The molecule has 1 aliphatic heterocycles. The topological polar surface area (TPSA) is 43.9 Å². The van der Waals surface area contributed by atoms with Crippen molar-refractivity contribution in [2.24, 2.45) is 0 Å². The van der Waals surface area contributed by atoms with Gasteiger partial charge in [-0.3, -0.25) is 14.5 Å². The number of carbonyl (C=O) groups excluding carboxylic acids is 2. The molecule has 1 fully saturated rings. The molecule has 5 nitrogen and oxygen atoms in total. The number of hydrogen-bond acceptors (Lipinski definition) is 3. The van der Waals surface area contributed by atoms with Gasteiger partial charge < -0.3 is 9.80 Å². The monoisotopic (exact) mass is 337 g/mol. The van der Waals surface area contributed by atoms with Crippen LogP contribution in [0.3, 0.4) is 0 Å². The number of nitrogens with zero attached hydrogens (tertiary/aromatic N) is 3. The normalized spacial score (nSPS) is 17.9. The summed E-state index contributed by atoms with van der Waals surface area (Å²) in [5.74, 6) is 0.0643. The van der Waals surface area contributed by atoms with E-state index in [1.165, 1.54) is 0 Å². The van der Waals surface area contributed by atoms with Crippen molar-refractivity contribution in [1.82, 2.24) is 9.80 Å². The Kier molecular flexibility index (Phi) is 6.02. The lowest BCUT2D eigenvalue weighted by Gasteiger charge is -2.26. The van der Waals surface area contributed by atoms with Crippen LogP contribution in [-0.2, 0) is 9.59 Å². The highest BCUT2D eigenvalue weighted by atomic mass is 35.5. The molecule has 1 atom stereocenters. The van der Waals surface area contributed by atoms with Crippen molar-refractivity contribution in [2.75, 3.05) is 38.1 Å². The lowest BCUT2D eigenvalue weighted by molar-refractivity contribution is -0.133. The van der Waals surface area contributed by atoms with E-state index in [4.69, 9.17) is 11.6 Å². The SMILES string of the molecule is CCN(CC)C(=O)CN(C)[C@H]1CCN(c2ccccc2Cl)C1=O. The molecule has 23 heavy (non-hydrogen) atoms. The van der Waals surface area contributed by atoms with Gasteiger partial charge in [-0.1, -0.05) is 23.7 Å². The lowest BCUT2D eigenvalue weighted by atomic mass is 10.2. The quantitative estimate of drug-likeness (QED) is 0.799. The number of carbonyl (C=O) groups is 2. The second-order valence-corrected chi connectivity index (χ2v) is 6.13. The molecule has 1 aliphatic rings. The first-order valence-electron chi connectivity index (χ1n) is 8.03. The number of benzene rings is 1. The van der Waals surface area contributed by atoms with Crippen molar-refractivity contribution >= 4 is 29.1 Å². The summed E-state index contributed by atoms with van der Waals surface area (Å²) in [6, 6.07) is 7.08. The Bertz CT molecular complexity index is 575. The number of likely N-dealkylation sites (N-methyl/N-ethyl adjacent to an activating group) is 2. The molecule has 6 heteroatoms. The van der Waals surface area contributed by atoms with Gasteiger partial charge in [-0.15, -0.1) is 0 Å². The van der Waals surface area contributed by atoms with Crippen LogP contribution in [0.5, 0.6) is 0 Å². The smallest absolute Gasteiger partial charge is 0.244 e. The van der Waals surface area contributed by atoms with Crippen LogP contribution in [0.2, 0.25) is 5.02 Å². The van der Waals surface area contributed by atoms with Crippen LogP contribution in [-0.4, -0.2) is 60.9 Å². The van der Waals surface area contributed by atoms with Crippen molar-refractivity contribution in [3.8, 4) is 0 Å². The third-order valence-corrected chi connectivity index (χ3v) is 4.67. The van der Waals surface area contributed by atoms with E-state index in [1.807, 2.05) is 44.0 Å². The molecule has 0 spiro atoms. The van der Waals surface area contributed by atoms with Crippen molar-refractivity contribution in [2.45, 2.75) is 26.3 Å². The molecule has 1 heterocycles. The minimum Gasteiger partial charge on any atom is -0.342 e. The summed E-state index contributed by atoms with van der Waals surface area (Å²) >= 11 is 6.19. The van der Waals surface area contributed by atoms with Gasteiger partial charge in [0.15, 0.2) is 0 Å². The first kappa shape index (κ1) is 17.8. The van der Waals surface area contributed by atoms with Gasteiger partial charge in [0.25, 0.3) is 0 Å². The molecule has 2 amide bonds. The average Bonchev–Trinajstić information content (AvgIpc) is 2.90. The molecule has 0 unspecified atom stereocenters. The molecule has 1 aromatic carbocycles. The van der Waals surface area contributed by atoms with Crippen LogP contribution < -0.4 is 4.90 Å². The molecule has 0 aromatic heterocycles. The third-order valence-electron chi connectivity index (χ3n) is 4.35. The van der Waals surface area contributed by atoms with Gasteiger partial charge in [-0.2, -0.15) is 0 Å². The molecular weight excluding hydrogens is 314 g/mol. The van der Waals surface area contributed by atoms with Crippen LogP contribution in [0.1, 0.15) is 20.3 Å². The predicted octanol–water partition coefficient (Wildman–Crippen LogP) is 2.25. The zero-order valence-electron chi connectivity index (χ0n) is 14.0. The fraction of sp³-hybridized carbons (Fsp3) is 0.529. The number of halogens is 1. The lowest BCUT2D eigenvalue weighted by Crippen LogP contribution is -2.45. The van der Waals surface area contributed by atoms with E-state index in [-0.39, 0.29) is 24.4 Å². The van der Waals surface area contributed by atoms with E-state index in [2.05, 4.69) is 0 Å². The number of para-hydroxylation sites is 1. The van der Waals surface area contributed by atoms with Gasteiger partial charge in [0.05, 0.1) is 23.3 Å². The Hall–Kier alpha value is -1.59. The second-order valence-electron chi connectivity index (χ2n) is 5.73. The van der Waals surface area contributed by atoms with Gasteiger partial charge in [0, 0.05) is 19.6 Å². The Morgan fingerprint density at radius 1 is 1.30 bits per heavy atom. The first-order chi connectivity index (χ1) is 11.0. The Morgan fingerprint density at radius 2 is 1.96 bits per heavy atom. The maximum Gasteiger partial charge on any atom is 0.244 e. The fourth-order valence-electron chi connectivity index (χ4n) is 2.98. The van der Waals surface area contributed by atoms with Crippen molar-refractivity contribution < 1.29 is 9.59 Å². The minimum absolute atomic E-state index is 0.00736. The first-order valence-corrected chi connectivity index (χ1v) is 8.41. The summed E-state index contributed by atoms with van der Waals surface area (Å²) in [4.78, 5) is 30.3. The van der Waals surface area contributed by atoms with E-state index < -0.39 is 0 Å². The molecule has 0 bridgehead atoms. The van der Waals surface area contributed by atoms with Gasteiger partial charge >= 0.3 is 0 Å². The van der Waals surface area contributed by atoms with Crippen LogP contribution in [0.25, 0.3) is 0 Å². The van der Waals surface area contributed by atoms with Crippen LogP contribution in [0.4, 0.5) is 5.69 Å². The molecule has 2 rings (SSSR count). The molecule has 126 valence electrons. The highest BCUT2D eigenvalue weighted by Gasteiger charge is 2.36. The Balaban J connectivity index is 2.04. The van der Waals surface area contributed by atoms with Crippen LogP contribution in [0, 0.1) is 0 Å². The molecule has 0 radical (unpaired) electrons. The standard InChI is InChI=1S/C17H24ClN3O2/c1-4-20(5-2)16(22)12-19(3)15-10-11-21(17(15)23)14-9-7-6-8-13(14)18/h6-9,15H,4-5,10-12H2,1-3H3/t15-/m0/s1. The van der Waals surface area contributed by atoms with Crippen LogP contribution in [0.15, 0.2) is 24.3 Å². The third kappa shape index (κ3) is 3.85. The average molecular weight is 338 g/mol. The summed E-state index contributed by atoms with van der Waals surface area (Å²) in [6.07, 6.45) is 0.700. The summed E-state index contributed by atoms with van der Waals surface area (Å²) in [7, 11) is 1.83. The highest BCUT2D eigenvalue weighted by Crippen LogP contribution is 2.30. The maximum atomic E-state index is 12.7. The molecule has 1 saturated heterocycles. The molecule has 0 N–H and O–H groups in total. The summed E-state index contributed by atoms with van der Waals surface area (Å²) in [6.45, 7) is 6.18. The minimum atomic E-state index is -0.272. The van der Waals surface area contributed by atoms with Crippen LogP contribution >= 0.6 is 11.6 Å². The number of hydrogen-bond donors (Lipinski definition) is 0. The fourth-order valence-corrected chi connectivity index (χ4v) is 3.22. The zero-order valence-corrected chi connectivity index (χ0v) is 14.7. The van der Waals surface area contributed by atoms with Gasteiger partial charge in [0.2, 0.25) is 11.8 Å². The summed E-state index contributed by atoms with van der Waals surface area (Å²) < 4.78 is 0. The van der Waals surface area contributed by atoms with Gasteiger partial charge in [0.1, 0.15) is 0 Å². The highest BCUT2D eigenvalue weighted by molar-refractivity contribution is 6.33. The zero-order chi connectivity index (χ0) is 17.0. The largest absolute Gasteiger partial charge is 0.342 e. The van der Waals surface area contributed by atoms with Gasteiger partial charge in [-0.05, 0) is 39.4 Å². The maximum absolute atomic E-state index is 12.7. The number of amides is 2. The van der Waals surface area contributed by atoms with Crippen molar-refractivity contribution in [1.29, 1.82) is 0 Å². The molecular formula is C17H24ClN3O2. The number of rotatable bonds is 6. The molecule has 0 aliphatic carbocycles. The predicted molar refractivity (Wildman–Crippen MR) is 92.8 cm³/mol. The summed E-state index contributed by atoms with van der Waals surface area (Å²) in [5, 5.41) is 0.573. The van der Waals surface area contributed by atoms with E-state index in [0.717, 1.165) is 5.69 Å². The second kappa shape index (κ2) is 7.79.